The van der Waals surface area contributed by atoms with Gasteiger partial charge in [-0.3, -0.25) is 4.79 Å². The summed E-state index contributed by atoms with van der Waals surface area (Å²) >= 11 is 1.69. The van der Waals surface area contributed by atoms with Crippen LogP contribution in [0.5, 0.6) is 0 Å². The second-order valence-corrected chi connectivity index (χ2v) is 10.5. The lowest BCUT2D eigenvalue weighted by molar-refractivity contribution is -0.152. The minimum Gasteiger partial charge on any atom is -0.334 e. The number of thiophene rings is 1. The molecule has 0 N–H and O–H groups in total. The van der Waals surface area contributed by atoms with Crippen LogP contribution < -0.4 is 0 Å². The Bertz CT molecular complexity index is 649. The lowest BCUT2D eigenvalue weighted by Gasteiger charge is -2.54. The Morgan fingerprint density at radius 3 is 2.82 bits per heavy atom. The maximum Gasteiger partial charge on any atom is 0.223 e. The van der Waals surface area contributed by atoms with Crippen LogP contribution in [-0.2, 0) is 14.6 Å². The van der Waals surface area contributed by atoms with Crippen molar-refractivity contribution in [2.45, 2.75) is 39.2 Å². The van der Waals surface area contributed by atoms with Gasteiger partial charge in [0.2, 0.25) is 5.91 Å². The van der Waals surface area contributed by atoms with E-state index < -0.39 is 9.84 Å². The van der Waals surface area contributed by atoms with E-state index in [0.717, 1.165) is 13.0 Å². The number of amides is 1. The molecule has 122 valence electrons. The van der Waals surface area contributed by atoms with Gasteiger partial charge >= 0.3 is 0 Å². The van der Waals surface area contributed by atoms with E-state index in [-0.39, 0.29) is 34.8 Å². The van der Waals surface area contributed by atoms with Crippen molar-refractivity contribution in [3.63, 3.8) is 0 Å². The van der Waals surface area contributed by atoms with Crippen LogP contribution in [0.15, 0.2) is 17.5 Å². The smallest absolute Gasteiger partial charge is 0.223 e. The molecule has 2 aliphatic rings. The van der Waals surface area contributed by atoms with Crippen LogP contribution >= 0.6 is 11.3 Å². The SMILES string of the molecule is CC1(C)CN(C(=O)CC2CCCS(=O)(=O)C2)C1c1cccs1. The van der Waals surface area contributed by atoms with Crippen molar-refractivity contribution < 1.29 is 13.2 Å². The molecule has 1 amide bonds. The third-order valence-corrected chi connectivity index (χ3v) is 7.60. The molecule has 2 unspecified atom stereocenters. The number of hydrogen-bond acceptors (Lipinski definition) is 4. The van der Waals surface area contributed by atoms with Crippen LogP contribution in [0.4, 0.5) is 0 Å². The number of likely N-dealkylation sites (tertiary alicyclic amines) is 1. The van der Waals surface area contributed by atoms with E-state index in [9.17, 15) is 13.2 Å². The highest BCUT2D eigenvalue weighted by atomic mass is 32.2. The number of sulfone groups is 1. The first-order valence-corrected chi connectivity index (χ1v) is 10.5. The molecular formula is C16H23NO3S2. The highest BCUT2D eigenvalue weighted by molar-refractivity contribution is 7.91. The zero-order valence-electron chi connectivity index (χ0n) is 13.1. The van der Waals surface area contributed by atoms with Gasteiger partial charge in [-0.25, -0.2) is 8.42 Å². The number of nitrogens with zero attached hydrogens (tertiary/aromatic N) is 1. The fourth-order valence-corrected chi connectivity index (χ4v) is 6.61. The van der Waals surface area contributed by atoms with Crippen molar-refractivity contribution in [3.05, 3.63) is 22.4 Å². The van der Waals surface area contributed by atoms with Gasteiger partial charge in [-0.2, -0.15) is 0 Å². The monoisotopic (exact) mass is 341 g/mol. The molecular weight excluding hydrogens is 318 g/mol. The van der Waals surface area contributed by atoms with Crippen LogP contribution in [0.25, 0.3) is 0 Å². The molecule has 0 aromatic carbocycles. The zero-order chi connectivity index (χ0) is 16.0. The summed E-state index contributed by atoms with van der Waals surface area (Å²) in [6, 6.07) is 4.24. The van der Waals surface area contributed by atoms with Crippen molar-refractivity contribution in [3.8, 4) is 0 Å². The second kappa shape index (κ2) is 5.64. The summed E-state index contributed by atoms with van der Waals surface area (Å²) in [5.74, 6) is 0.574. The molecule has 1 aromatic heterocycles. The summed E-state index contributed by atoms with van der Waals surface area (Å²) in [5.41, 5.74) is 0.0964. The highest BCUT2D eigenvalue weighted by Crippen LogP contribution is 2.50. The van der Waals surface area contributed by atoms with Gasteiger partial charge in [-0.15, -0.1) is 11.3 Å². The van der Waals surface area contributed by atoms with Crippen molar-refractivity contribution in [1.82, 2.24) is 4.90 Å². The van der Waals surface area contributed by atoms with Gasteiger partial charge in [0.15, 0.2) is 9.84 Å². The molecule has 0 bridgehead atoms. The van der Waals surface area contributed by atoms with Gasteiger partial charge in [0.1, 0.15) is 0 Å². The summed E-state index contributed by atoms with van der Waals surface area (Å²) < 4.78 is 23.5. The number of rotatable bonds is 3. The number of carbonyl (C=O) groups excluding carboxylic acids is 1. The molecule has 2 atom stereocenters. The first kappa shape index (κ1) is 16.0. The summed E-state index contributed by atoms with van der Waals surface area (Å²) in [6.45, 7) is 5.13. The second-order valence-electron chi connectivity index (χ2n) is 7.25. The quantitative estimate of drug-likeness (QED) is 0.849. The number of carbonyl (C=O) groups is 1. The Morgan fingerprint density at radius 1 is 1.45 bits per heavy atom. The van der Waals surface area contributed by atoms with Gasteiger partial charge in [-0.05, 0) is 30.2 Å². The molecule has 0 radical (unpaired) electrons. The molecule has 0 spiro atoms. The fraction of sp³-hybridized carbons (Fsp3) is 0.688. The lowest BCUT2D eigenvalue weighted by atomic mass is 9.73. The number of hydrogen-bond donors (Lipinski definition) is 0. The van der Waals surface area contributed by atoms with Crippen LogP contribution in [0.3, 0.4) is 0 Å². The van der Waals surface area contributed by atoms with E-state index in [0.29, 0.717) is 12.8 Å². The topological polar surface area (TPSA) is 54.5 Å². The van der Waals surface area contributed by atoms with Crippen LogP contribution in [-0.4, -0.2) is 37.3 Å². The minimum atomic E-state index is -2.94. The fourth-order valence-electron chi connectivity index (χ4n) is 3.79. The van der Waals surface area contributed by atoms with Gasteiger partial charge in [0.25, 0.3) is 0 Å². The normalized spacial score (nSPS) is 29.8. The molecule has 2 saturated heterocycles. The molecule has 2 fully saturated rings. The standard InChI is InChI=1S/C16H23NO3S2/c1-16(2)11-17(15(16)13-6-3-7-21-13)14(18)9-12-5-4-8-22(19,20)10-12/h3,6-7,12,15H,4-5,8-11H2,1-2H3. The average Bonchev–Trinajstić information content (AvgIpc) is 2.88. The van der Waals surface area contributed by atoms with Crippen LogP contribution in [0, 0.1) is 11.3 Å². The van der Waals surface area contributed by atoms with E-state index in [1.807, 2.05) is 16.3 Å². The summed E-state index contributed by atoms with van der Waals surface area (Å²) in [6.07, 6.45) is 1.92. The molecule has 3 heterocycles. The van der Waals surface area contributed by atoms with Crippen molar-refractivity contribution in [1.29, 1.82) is 0 Å². The predicted octanol–water partition coefficient (Wildman–Crippen LogP) is 2.87. The first-order valence-electron chi connectivity index (χ1n) is 7.82. The highest BCUT2D eigenvalue weighted by Gasteiger charge is 2.49. The molecule has 0 aliphatic carbocycles. The maximum absolute atomic E-state index is 12.6. The van der Waals surface area contributed by atoms with Crippen LogP contribution in [0.1, 0.15) is 44.0 Å². The molecule has 3 rings (SSSR count). The van der Waals surface area contributed by atoms with Gasteiger partial charge in [0.05, 0.1) is 17.5 Å². The van der Waals surface area contributed by atoms with Crippen molar-refractivity contribution in [2.75, 3.05) is 18.1 Å². The minimum absolute atomic E-state index is 0.000974. The first-order chi connectivity index (χ1) is 10.3. The average molecular weight is 341 g/mol. The molecule has 2 aliphatic heterocycles. The Hall–Kier alpha value is -0.880. The third kappa shape index (κ3) is 3.08. The molecule has 0 saturated carbocycles. The van der Waals surface area contributed by atoms with Crippen molar-refractivity contribution in [2.24, 2.45) is 11.3 Å². The Labute approximate surface area is 136 Å². The third-order valence-electron chi connectivity index (χ3n) is 4.78. The Balaban J connectivity index is 1.68. The molecule has 22 heavy (non-hydrogen) atoms. The van der Waals surface area contributed by atoms with Gasteiger partial charge < -0.3 is 4.90 Å². The van der Waals surface area contributed by atoms with Gasteiger partial charge in [0, 0.05) is 23.3 Å². The molecule has 4 nitrogen and oxygen atoms in total. The van der Waals surface area contributed by atoms with E-state index in [1.54, 1.807) is 11.3 Å². The summed E-state index contributed by atoms with van der Waals surface area (Å²) in [5, 5.41) is 2.04. The van der Waals surface area contributed by atoms with E-state index in [4.69, 9.17) is 0 Å². The zero-order valence-corrected chi connectivity index (χ0v) is 14.8. The van der Waals surface area contributed by atoms with Crippen LogP contribution in [0.2, 0.25) is 0 Å². The largest absolute Gasteiger partial charge is 0.334 e. The summed E-state index contributed by atoms with van der Waals surface area (Å²) in [4.78, 5) is 15.8. The van der Waals surface area contributed by atoms with E-state index in [1.165, 1.54) is 4.88 Å². The van der Waals surface area contributed by atoms with Gasteiger partial charge in [-0.1, -0.05) is 19.9 Å². The maximum atomic E-state index is 12.6. The predicted molar refractivity (Wildman–Crippen MR) is 88.5 cm³/mol. The summed E-state index contributed by atoms with van der Waals surface area (Å²) in [7, 11) is -2.94. The molecule has 1 aromatic rings. The lowest BCUT2D eigenvalue weighted by Crippen LogP contribution is -2.58. The Morgan fingerprint density at radius 2 is 2.23 bits per heavy atom. The Kier molecular flexibility index (Phi) is 4.10. The molecule has 6 heteroatoms. The van der Waals surface area contributed by atoms with E-state index >= 15 is 0 Å². The van der Waals surface area contributed by atoms with E-state index in [2.05, 4.69) is 19.9 Å². The van der Waals surface area contributed by atoms with Crippen molar-refractivity contribution >= 4 is 27.1 Å².